The third kappa shape index (κ3) is 5.25. The number of anilines is 4. The van der Waals surface area contributed by atoms with Gasteiger partial charge < -0.3 is 20.1 Å². The lowest BCUT2D eigenvalue weighted by atomic mass is 10.1. The van der Waals surface area contributed by atoms with Gasteiger partial charge in [-0.2, -0.15) is 10.1 Å². The smallest absolute Gasteiger partial charge is 0.349 e. The quantitative estimate of drug-likeness (QED) is 0.302. The molecule has 0 amide bonds. The van der Waals surface area contributed by atoms with Crippen LogP contribution in [-0.2, 0) is 18.3 Å². The Kier molecular flexibility index (Phi) is 7.13. The van der Waals surface area contributed by atoms with Crippen molar-refractivity contribution in [3.63, 3.8) is 0 Å². The number of pyridine rings is 1. The van der Waals surface area contributed by atoms with E-state index in [2.05, 4.69) is 30.7 Å². The van der Waals surface area contributed by atoms with E-state index in [1.807, 2.05) is 18.2 Å². The standard InChI is InChI=1S/C26H28N8O4/c1-4-21(35)18-13-27-23(30-22-8-10-34(26(36)31-22)14-16-9-11-38-16)12-20(18)29-19-7-5-6-17(24(19)37-3)25-28-15-33(2)32-25/h5-8,10,12-13,15-16H,4,9,11,14H2,1-3H3,(H2,27,29,30,31,36). The molecule has 12 heteroatoms. The normalized spacial score (nSPS) is 14.6. The second-order valence-electron chi connectivity index (χ2n) is 8.80. The Balaban J connectivity index is 1.45. The largest absolute Gasteiger partial charge is 0.494 e. The number of para-hydroxylation sites is 1. The number of Topliss-reactive ketones (excluding diaryl/α,β-unsaturated/α-hetero) is 1. The van der Waals surface area contributed by atoms with Crippen LogP contribution < -0.4 is 21.1 Å². The lowest BCUT2D eigenvalue weighted by Crippen LogP contribution is -2.35. The maximum absolute atomic E-state index is 12.7. The van der Waals surface area contributed by atoms with E-state index in [4.69, 9.17) is 9.47 Å². The summed E-state index contributed by atoms with van der Waals surface area (Å²) >= 11 is 0. The molecule has 1 aliphatic rings. The SMILES string of the molecule is CCC(=O)c1cnc(Nc2ccn(CC3CCO3)c(=O)n2)cc1Nc1cccc(-c2ncn(C)n2)c1OC. The van der Waals surface area contributed by atoms with Gasteiger partial charge in [-0.3, -0.25) is 14.0 Å². The molecule has 2 N–H and O–H groups in total. The van der Waals surface area contributed by atoms with Crippen LogP contribution in [0.25, 0.3) is 11.4 Å². The van der Waals surface area contributed by atoms with Gasteiger partial charge in [-0.15, -0.1) is 0 Å². The highest BCUT2D eigenvalue weighted by Gasteiger charge is 2.20. The topological polar surface area (TPSA) is 138 Å². The number of carbonyl (C=O) groups is 1. The number of rotatable bonds is 10. The van der Waals surface area contributed by atoms with Crippen LogP contribution in [0.4, 0.5) is 23.0 Å². The van der Waals surface area contributed by atoms with Gasteiger partial charge in [-0.1, -0.05) is 13.0 Å². The number of aryl methyl sites for hydroxylation is 1. The predicted octanol–water partition coefficient (Wildman–Crippen LogP) is 3.31. The molecule has 1 unspecified atom stereocenters. The van der Waals surface area contributed by atoms with E-state index in [9.17, 15) is 9.59 Å². The van der Waals surface area contributed by atoms with Crippen molar-refractivity contribution in [2.45, 2.75) is 32.4 Å². The minimum absolute atomic E-state index is 0.0520. The number of nitrogens with zero attached hydrogens (tertiary/aromatic N) is 6. The third-order valence-corrected chi connectivity index (χ3v) is 6.18. The number of nitrogens with one attached hydrogen (secondary N) is 2. The average Bonchev–Trinajstić information content (AvgIpc) is 3.33. The first kappa shape index (κ1) is 25.1. The van der Waals surface area contributed by atoms with E-state index >= 15 is 0 Å². The second kappa shape index (κ2) is 10.8. The molecule has 0 bridgehead atoms. The molecule has 196 valence electrons. The van der Waals surface area contributed by atoms with Crippen LogP contribution in [0.2, 0.25) is 0 Å². The zero-order valence-corrected chi connectivity index (χ0v) is 21.3. The summed E-state index contributed by atoms with van der Waals surface area (Å²) in [6.07, 6.45) is 6.08. The molecule has 4 aromatic rings. The zero-order chi connectivity index (χ0) is 26.6. The summed E-state index contributed by atoms with van der Waals surface area (Å²) in [5.74, 6) is 1.72. The van der Waals surface area contributed by atoms with Crippen LogP contribution in [0.1, 0.15) is 30.1 Å². The van der Waals surface area contributed by atoms with E-state index < -0.39 is 0 Å². The fourth-order valence-electron chi connectivity index (χ4n) is 4.10. The van der Waals surface area contributed by atoms with Crippen molar-refractivity contribution in [2.75, 3.05) is 24.4 Å². The van der Waals surface area contributed by atoms with Crippen molar-refractivity contribution < 1.29 is 14.3 Å². The van der Waals surface area contributed by atoms with Gasteiger partial charge in [0.1, 0.15) is 18.0 Å². The molecule has 1 atom stereocenters. The molecule has 0 aliphatic carbocycles. The number of methoxy groups -OCH3 is 1. The van der Waals surface area contributed by atoms with Gasteiger partial charge in [0.25, 0.3) is 0 Å². The van der Waals surface area contributed by atoms with Crippen LogP contribution in [0.15, 0.2) is 53.8 Å². The predicted molar refractivity (Wildman–Crippen MR) is 141 cm³/mol. The first-order valence-electron chi connectivity index (χ1n) is 12.2. The van der Waals surface area contributed by atoms with Crippen LogP contribution in [-0.4, -0.2) is 54.9 Å². The summed E-state index contributed by atoms with van der Waals surface area (Å²) in [5.41, 5.74) is 1.88. The summed E-state index contributed by atoms with van der Waals surface area (Å²) in [5, 5.41) is 10.8. The summed E-state index contributed by atoms with van der Waals surface area (Å²) < 4.78 is 14.2. The molecule has 5 rings (SSSR count). The molecule has 1 fully saturated rings. The van der Waals surface area contributed by atoms with E-state index in [0.717, 1.165) is 13.0 Å². The van der Waals surface area contributed by atoms with Crippen molar-refractivity contribution in [2.24, 2.45) is 7.05 Å². The fourth-order valence-corrected chi connectivity index (χ4v) is 4.10. The summed E-state index contributed by atoms with van der Waals surface area (Å²) in [6, 6.07) is 8.95. The van der Waals surface area contributed by atoms with Gasteiger partial charge >= 0.3 is 5.69 Å². The Bertz CT molecular complexity index is 1530. The molecule has 4 heterocycles. The Morgan fingerprint density at radius 2 is 2.03 bits per heavy atom. The van der Waals surface area contributed by atoms with Gasteiger partial charge in [-0.25, -0.2) is 14.8 Å². The zero-order valence-electron chi connectivity index (χ0n) is 21.3. The summed E-state index contributed by atoms with van der Waals surface area (Å²) in [7, 11) is 3.36. The Morgan fingerprint density at radius 3 is 2.68 bits per heavy atom. The Morgan fingerprint density at radius 1 is 1.18 bits per heavy atom. The van der Waals surface area contributed by atoms with Crippen molar-refractivity contribution in [3.8, 4) is 17.1 Å². The number of aromatic nitrogens is 6. The molecule has 3 aromatic heterocycles. The van der Waals surface area contributed by atoms with Gasteiger partial charge in [0, 0.05) is 38.5 Å². The Labute approximate surface area is 218 Å². The molecule has 12 nitrogen and oxygen atoms in total. The lowest BCUT2D eigenvalue weighted by Gasteiger charge is -2.26. The number of hydrogen-bond acceptors (Lipinski definition) is 10. The average molecular weight is 517 g/mol. The number of carbonyl (C=O) groups excluding carboxylic acids is 1. The van der Waals surface area contributed by atoms with Gasteiger partial charge in [-0.05, 0) is 24.6 Å². The van der Waals surface area contributed by atoms with Crippen molar-refractivity contribution >= 4 is 28.8 Å². The molecule has 1 aliphatic heterocycles. The second-order valence-corrected chi connectivity index (χ2v) is 8.80. The number of benzene rings is 1. The molecule has 1 aromatic carbocycles. The number of ether oxygens (including phenoxy) is 2. The van der Waals surface area contributed by atoms with E-state index in [1.165, 1.54) is 10.8 Å². The van der Waals surface area contributed by atoms with Crippen LogP contribution >= 0.6 is 0 Å². The minimum atomic E-state index is -0.383. The maximum Gasteiger partial charge on any atom is 0.349 e. The highest BCUT2D eigenvalue weighted by molar-refractivity contribution is 6.02. The fraction of sp³-hybridized carbons (Fsp3) is 0.308. The molecule has 1 saturated heterocycles. The first-order valence-corrected chi connectivity index (χ1v) is 12.2. The molecule has 0 saturated carbocycles. The van der Waals surface area contributed by atoms with E-state index in [0.29, 0.717) is 58.7 Å². The molecule has 0 spiro atoms. The van der Waals surface area contributed by atoms with Gasteiger partial charge in [0.05, 0.1) is 42.3 Å². The third-order valence-electron chi connectivity index (χ3n) is 6.18. The maximum atomic E-state index is 12.7. The van der Waals surface area contributed by atoms with Crippen molar-refractivity contribution in [1.29, 1.82) is 0 Å². The molecule has 0 radical (unpaired) electrons. The van der Waals surface area contributed by atoms with Crippen molar-refractivity contribution in [1.82, 2.24) is 29.3 Å². The minimum Gasteiger partial charge on any atom is -0.494 e. The van der Waals surface area contributed by atoms with Gasteiger partial charge in [0.2, 0.25) is 0 Å². The van der Waals surface area contributed by atoms with Crippen molar-refractivity contribution in [3.05, 3.63) is 65.1 Å². The lowest BCUT2D eigenvalue weighted by molar-refractivity contribution is -0.0598. The summed E-state index contributed by atoms with van der Waals surface area (Å²) in [4.78, 5) is 38.0. The first-order chi connectivity index (χ1) is 18.4. The number of ketones is 1. The molecule has 38 heavy (non-hydrogen) atoms. The molecular formula is C26H28N8O4. The van der Waals surface area contributed by atoms with Gasteiger partial charge in [0.15, 0.2) is 17.4 Å². The number of hydrogen-bond donors (Lipinski definition) is 2. The monoisotopic (exact) mass is 516 g/mol. The van der Waals surface area contributed by atoms with Crippen LogP contribution in [0.5, 0.6) is 5.75 Å². The summed E-state index contributed by atoms with van der Waals surface area (Å²) in [6.45, 7) is 2.99. The molecular weight excluding hydrogens is 488 g/mol. The van der Waals surface area contributed by atoms with Crippen LogP contribution in [0, 0.1) is 0 Å². The highest BCUT2D eigenvalue weighted by atomic mass is 16.5. The highest BCUT2D eigenvalue weighted by Crippen LogP contribution is 2.37. The van der Waals surface area contributed by atoms with Crippen LogP contribution in [0.3, 0.4) is 0 Å². The Hall–Kier alpha value is -4.58. The van der Waals surface area contributed by atoms with E-state index in [1.54, 1.807) is 50.4 Å². The van der Waals surface area contributed by atoms with E-state index in [-0.39, 0.29) is 17.6 Å².